The Morgan fingerprint density at radius 3 is 2.72 bits per heavy atom. The van der Waals surface area contributed by atoms with Crippen LogP contribution in [0.1, 0.15) is 11.1 Å². The van der Waals surface area contributed by atoms with Gasteiger partial charge in [0.1, 0.15) is 17.6 Å². The fourth-order valence-corrected chi connectivity index (χ4v) is 1.57. The topological polar surface area (TPSA) is 57.9 Å². The van der Waals surface area contributed by atoms with Gasteiger partial charge in [0.15, 0.2) is 0 Å². The molecular weight excluding hydrogens is 226 g/mol. The number of nitriles is 1. The predicted octanol–water partition coefficient (Wildman–Crippen LogP) is 2.57. The summed E-state index contributed by atoms with van der Waals surface area (Å²) in [5.41, 5.74) is 1.65. The van der Waals surface area contributed by atoms with E-state index in [0.717, 1.165) is 11.3 Å². The number of rotatable bonds is 4. The zero-order chi connectivity index (χ0) is 12.8. The first-order chi connectivity index (χ1) is 8.83. The molecule has 0 spiro atoms. The van der Waals surface area contributed by atoms with E-state index < -0.39 is 0 Å². The number of hydrogen-bond donors (Lipinski definition) is 1. The van der Waals surface area contributed by atoms with Gasteiger partial charge < -0.3 is 10.1 Å². The molecule has 1 N–H and O–H groups in total. The molecule has 0 amide bonds. The number of benzene rings is 1. The van der Waals surface area contributed by atoms with Gasteiger partial charge in [0.2, 0.25) is 0 Å². The van der Waals surface area contributed by atoms with Crippen molar-refractivity contribution in [1.82, 2.24) is 4.98 Å². The SMILES string of the molecule is COc1ccc(CNc2ncccc2C#N)cc1. The van der Waals surface area contributed by atoms with Crippen LogP contribution in [0.15, 0.2) is 42.6 Å². The van der Waals surface area contributed by atoms with E-state index in [4.69, 9.17) is 10.00 Å². The van der Waals surface area contributed by atoms with Crippen molar-refractivity contribution in [2.24, 2.45) is 0 Å². The maximum absolute atomic E-state index is 8.94. The van der Waals surface area contributed by atoms with E-state index in [1.165, 1.54) is 0 Å². The molecule has 1 aromatic carbocycles. The van der Waals surface area contributed by atoms with E-state index in [1.54, 1.807) is 25.4 Å². The lowest BCUT2D eigenvalue weighted by Gasteiger charge is -2.07. The van der Waals surface area contributed by atoms with Crippen molar-refractivity contribution in [1.29, 1.82) is 5.26 Å². The second-order valence-corrected chi connectivity index (χ2v) is 3.71. The van der Waals surface area contributed by atoms with Crippen LogP contribution >= 0.6 is 0 Å². The second kappa shape index (κ2) is 5.69. The van der Waals surface area contributed by atoms with Crippen LogP contribution in [-0.4, -0.2) is 12.1 Å². The Kier molecular flexibility index (Phi) is 3.77. The van der Waals surface area contributed by atoms with Gasteiger partial charge in [0.25, 0.3) is 0 Å². The van der Waals surface area contributed by atoms with Crippen molar-refractivity contribution >= 4 is 5.82 Å². The summed E-state index contributed by atoms with van der Waals surface area (Å²) in [4.78, 5) is 4.14. The molecule has 2 rings (SSSR count). The molecule has 90 valence electrons. The Morgan fingerprint density at radius 2 is 2.06 bits per heavy atom. The summed E-state index contributed by atoms with van der Waals surface area (Å²) in [5, 5.41) is 12.1. The Morgan fingerprint density at radius 1 is 1.28 bits per heavy atom. The molecule has 0 saturated carbocycles. The first-order valence-corrected chi connectivity index (χ1v) is 5.55. The van der Waals surface area contributed by atoms with Gasteiger partial charge in [-0.2, -0.15) is 5.26 Å². The van der Waals surface area contributed by atoms with Crippen molar-refractivity contribution in [3.63, 3.8) is 0 Å². The molecule has 0 saturated heterocycles. The zero-order valence-electron chi connectivity index (χ0n) is 10.1. The quantitative estimate of drug-likeness (QED) is 0.890. The highest BCUT2D eigenvalue weighted by Crippen LogP contribution is 2.14. The molecular formula is C14H13N3O. The first kappa shape index (κ1) is 11.9. The highest BCUT2D eigenvalue weighted by molar-refractivity contribution is 5.51. The average molecular weight is 239 g/mol. The summed E-state index contributed by atoms with van der Waals surface area (Å²) < 4.78 is 5.09. The van der Waals surface area contributed by atoms with Gasteiger partial charge in [-0.3, -0.25) is 0 Å². The Labute approximate surface area is 106 Å². The number of methoxy groups -OCH3 is 1. The summed E-state index contributed by atoms with van der Waals surface area (Å²) in [6, 6.07) is 13.3. The minimum atomic E-state index is 0.547. The molecule has 0 aliphatic heterocycles. The largest absolute Gasteiger partial charge is 0.497 e. The molecule has 0 atom stereocenters. The number of anilines is 1. The number of ether oxygens (including phenoxy) is 1. The van der Waals surface area contributed by atoms with E-state index in [9.17, 15) is 0 Å². The minimum Gasteiger partial charge on any atom is -0.497 e. The average Bonchev–Trinajstić information content (AvgIpc) is 2.46. The summed E-state index contributed by atoms with van der Waals surface area (Å²) in [5.74, 6) is 1.44. The number of aromatic nitrogens is 1. The van der Waals surface area contributed by atoms with Crippen LogP contribution < -0.4 is 10.1 Å². The molecule has 0 aliphatic carbocycles. The third-order valence-corrected chi connectivity index (χ3v) is 2.55. The summed E-state index contributed by atoms with van der Waals surface area (Å²) in [7, 11) is 1.64. The van der Waals surface area contributed by atoms with Gasteiger partial charge in [-0.1, -0.05) is 12.1 Å². The van der Waals surface area contributed by atoms with E-state index in [-0.39, 0.29) is 0 Å². The van der Waals surface area contributed by atoms with Crippen LogP contribution in [0.2, 0.25) is 0 Å². The molecule has 1 aromatic heterocycles. The standard InChI is InChI=1S/C14H13N3O/c1-18-13-6-4-11(5-7-13)10-17-14-12(9-15)3-2-8-16-14/h2-8H,10H2,1H3,(H,16,17). The third kappa shape index (κ3) is 2.77. The zero-order valence-corrected chi connectivity index (χ0v) is 10.1. The fourth-order valence-electron chi connectivity index (χ4n) is 1.57. The van der Waals surface area contributed by atoms with E-state index >= 15 is 0 Å². The first-order valence-electron chi connectivity index (χ1n) is 5.55. The highest BCUT2D eigenvalue weighted by Gasteiger charge is 2.01. The normalized spacial score (nSPS) is 9.56. The van der Waals surface area contributed by atoms with Crippen molar-refractivity contribution in [3.05, 3.63) is 53.7 Å². The number of nitrogens with zero attached hydrogens (tertiary/aromatic N) is 2. The summed E-state index contributed by atoms with van der Waals surface area (Å²) in [6.45, 7) is 0.621. The molecule has 1 heterocycles. The van der Waals surface area contributed by atoms with Crippen molar-refractivity contribution in [2.45, 2.75) is 6.54 Å². The maximum atomic E-state index is 8.94. The molecule has 4 heteroatoms. The molecule has 0 bridgehead atoms. The van der Waals surface area contributed by atoms with E-state index in [2.05, 4.69) is 16.4 Å². The van der Waals surface area contributed by atoms with Crippen LogP contribution in [0.5, 0.6) is 5.75 Å². The van der Waals surface area contributed by atoms with Gasteiger partial charge >= 0.3 is 0 Å². The molecule has 0 radical (unpaired) electrons. The Balaban J connectivity index is 2.05. The van der Waals surface area contributed by atoms with Crippen LogP contribution in [-0.2, 0) is 6.54 Å². The van der Waals surface area contributed by atoms with Crippen molar-refractivity contribution in [3.8, 4) is 11.8 Å². The van der Waals surface area contributed by atoms with Gasteiger partial charge in [0.05, 0.1) is 12.7 Å². The summed E-state index contributed by atoms with van der Waals surface area (Å²) >= 11 is 0. The molecule has 0 fully saturated rings. The van der Waals surface area contributed by atoms with Gasteiger partial charge in [-0.15, -0.1) is 0 Å². The maximum Gasteiger partial charge on any atom is 0.144 e. The van der Waals surface area contributed by atoms with E-state index in [1.807, 2.05) is 24.3 Å². The number of pyridine rings is 1. The second-order valence-electron chi connectivity index (χ2n) is 3.71. The molecule has 4 nitrogen and oxygen atoms in total. The monoisotopic (exact) mass is 239 g/mol. The number of hydrogen-bond acceptors (Lipinski definition) is 4. The van der Waals surface area contributed by atoms with Crippen LogP contribution in [0, 0.1) is 11.3 Å². The molecule has 0 unspecified atom stereocenters. The third-order valence-electron chi connectivity index (χ3n) is 2.55. The lowest BCUT2D eigenvalue weighted by Crippen LogP contribution is -2.03. The Bertz CT molecular complexity index is 558. The molecule has 0 aliphatic rings. The van der Waals surface area contributed by atoms with Crippen molar-refractivity contribution in [2.75, 3.05) is 12.4 Å². The number of nitrogens with one attached hydrogen (secondary N) is 1. The lowest BCUT2D eigenvalue weighted by atomic mass is 10.2. The van der Waals surface area contributed by atoms with Crippen LogP contribution in [0.3, 0.4) is 0 Å². The Hall–Kier alpha value is -2.54. The van der Waals surface area contributed by atoms with Crippen LogP contribution in [0.25, 0.3) is 0 Å². The minimum absolute atomic E-state index is 0.547. The van der Waals surface area contributed by atoms with E-state index in [0.29, 0.717) is 17.9 Å². The smallest absolute Gasteiger partial charge is 0.144 e. The van der Waals surface area contributed by atoms with Crippen LogP contribution in [0.4, 0.5) is 5.82 Å². The van der Waals surface area contributed by atoms with Gasteiger partial charge in [-0.25, -0.2) is 4.98 Å². The van der Waals surface area contributed by atoms with Gasteiger partial charge in [0, 0.05) is 12.7 Å². The lowest BCUT2D eigenvalue weighted by molar-refractivity contribution is 0.414. The summed E-state index contributed by atoms with van der Waals surface area (Å²) in [6.07, 6.45) is 1.66. The highest BCUT2D eigenvalue weighted by atomic mass is 16.5. The van der Waals surface area contributed by atoms with Gasteiger partial charge in [-0.05, 0) is 29.8 Å². The molecule has 18 heavy (non-hydrogen) atoms. The molecule has 2 aromatic rings. The predicted molar refractivity (Wildman–Crippen MR) is 69.3 cm³/mol. The fraction of sp³-hybridized carbons (Fsp3) is 0.143. The van der Waals surface area contributed by atoms with Crippen molar-refractivity contribution < 1.29 is 4.74 Å².